The second-order valence-electron chi connectivity index (χ2n) is 9.02. The molecule has 2 saturated heterocycles. The molecule has 11 heteroatoms. The van der Waals surface area contributed by atoms with E-state index in [-0.39, 0.29) is 0 Å². The minimum Gasteiger partial charge on any atom is -0.439 e. The number of aromatic nitrogens is 2. The van der Waals surface area contributed by atoms with E-state index in [1.807, 2.05) is 24.3 Å². The number of rotatable bonds is 4. The molecule has 2 fully saturated rings. The molecule has 0 bridgehead atoms. The predicted octanol–water partition coefficient (Wildman–Crippen LogP) is 2.54. The van der Waals surface area contributed by atoms with E-state index in [1.165, 1.54) is 0 Å². The largest absolute Gasteiger partial charge is 0.439 e. The van der Waals surface area contributed by atoms with Crippen molar-refractivity contribution in [3.8, 4) is 17.7 Å². The Kier molecular flexibility index (Phi) is 5.22. The monoisotopic (exact) mass is 495 g/mol. The number of nitrogens with zero attached hydrogens (tertiary/aromatic N) is 5. The molecule has 2 aromatic heterocycles. The number of carbonyl (C=O) groups excluding carboxylic acids is 3. The van der Waals surface area contributed by atoms with Crippen LogP contribution in [0.5, 0.6) is 11.6 Å². The van der Waals surface area contributed by atoms with Crippen LogP contribution in [0, 0.1) is 11.3 Å². The van der Waals surface area contributed by atoms with Crippen LogP contribution in [-0.4, -0.2) is 46.4 Å². The SMILES string of the molecule is N#Cc1ccc(N2CCc3cc(Oc4ccc(N5CCCC56C(=O)NC(=O)NC6=O)cn4)ccc32)nc1. The second-order valence-corrected chi connectivity index (χ2v) is 9.02. The Morgan fingerprint density at radius 1 is 0.973 bits per heavy atom. The molecule has 0 unspecified atom stereocenters. The lowest BCUT2D eigenvalue weighted by Gasteiger charge is -2.38. The number of imide groups is 2. The molecule has 6 rings (SSSR count). The standard InChI is InChI=1S/C26H21N7O4/c27-13-16-2-6-21(28-14-16)32-11-8-17-12-19(4-5-20(17)32)37-22-7-3-18(15-29-22)33-10-1-9-26(33)23(34)30-25(36)31-24(26)35/h2-7,12,14-15H,1,8-11H2,(H2,30,31,34,35,36). The summed E-state index contributed by atoms with van der Waals surface area (Å²) in [5, 5.41) is 13.4. The molecule has 37 heavy (non-hydrogen) atoms. The van der Waals surface area contributed by atoms with Crippen molar-refractivity contribution in [2.75, 3.05) is 22.9 Å². The van der Waals surface area contributed by atoms with Gasteiger partial charge in [0.05, 0.1) is 17.4 Å². The van der Waals surface area contributed by atoms with Crippen LogP contribution in [0.25, 0.3) is 0 Å². The van der Waals surface area contributed by atoms with E-state index in [1.54, 1.807) is 35.5 Å². The summed E-state index contributed by atoms with van der Waals surface area (Å²) >= 11 is 0. The van der Waals surface area contributed by atoms with E-state index in [9.17, 15) is 14.4 Å². The maximum atomic E-state index is 12.7. The number of pyridine rings is 2. The quantitative estimate of drug-likeness (QED) is 0.522. The summed E-state index contributed by atoms with van der Waals surface area (Å²) in [6, 6.07) is 14.1. The molecule has 0 aliphatic carbocycles. The van der Waals surface area contributed by atoms with Gasteiger partial charge in [-0.25, -0.2) is 14.8 Å². The molecule has 3 aliphatic rings. The van der Waals surface area contributed by atoms with Gasteiger partial charge in [0.25, 0.3) is 11.8 Å². The molecular formula is C26H21N7O4. The number of benzene rings is 1. The highest BCUT2D eigenvalue weighted by Gasteiger charge is 2.57. The van der Waals surface area contributed by atoms with E-state index in [0.29, 0.717) is 42.3 Å². The van der Waals surface area contributed by atoms with Gasteiger partial charge in [-0.1, -0.05) is 0 Å². The number of barbiturate groups is 1. The number of fused-ring (bicyclic) bond motifs is 1. The highest BCUT2D eigenvalue weighted by molar-refractivity contribution is 6.24. The molecule has 1 spiro atoms. The van der Waals surface area contributed by atoms with Crippen LogP contribution in [0.4, 0.5) is 22.0 Å². The zero-order valence-electron chi connectivity index (χ0n) is 19.6. The Morgan fingerprint density at radius 2 is 1.81 bits per heavy atom. The Labute approximate surface area is 211 Å². The van der Waals surface area contributed by atoms with Crippen LogP contribution in [0.3, 0.4) is 0 Å². The van der Waals surface area contributed by atoms with Gasteiger partial charge < -0.3 is 14.5 Å². The molecule has 11 nitrogen and oxygen atoms in total. The molecule has 0 atom stereocenters. The van der Waals surface area contributed by atoms with Crippen LogP contribution in [0.1, 0.15) is 24.0 Å². The number of nitriles is 1. The lowest BCUT2D eigenvalue weighted by atomic mass is 9.92. The van der Waals surface area contributed by atoms with Gasteiger partial charge in [0.2, 0.25) is 5.88 Å². The lowest BCUT2D eigenvalue weighted by Crippen LogP contribution is -2.71. The maximum Gasteiger partial charge on any atom is 0.328 e. The highest BCUT2D eigenvalue weighted by Crippen LogP contribution is 2.38. The topological polar surface area (TPSA) is 141 Å². The van der Waals surface area contributed by atoms with Crippen LogP contribution in [0.2, 0.25) is 0 Å². The highest BCUT2D eigenvalue weighted by atomic mass is 16.5. The third-order valence-corrected chi connectivity index (χ3v) is 6.94. The third-order valence-electron chi connectivity index (χ3n) is 6.94. The van der Waals surface area contributed by atoms with Crippen molar-refractivity contribution in [1.29, 1.82) is 5.26 Å². The number of ether oxygens (including phenoxy) is 1. The van der Waals surface area contributed by atoms with Crippen molar-refractivity contribution in [2.24, 2.45) is 0 Å². The molecule has 3 aromatic rings. The molecule has 184 valence electrons. The van der Waals surface area contributed by atoms with Gasteiger partial charge in [-0.05, 0) is 61.2 Å². The van der Waals surface area contributed by atoms with Gasteiger partial charge >= 0.3 is 6.03 Å². The number of amides is 4. The first-order valence-electron chi connectivity index (χ1n) is 11.8. The number of nitrogens with one attached hydrogen (secondary N) is 2. The summed E-state index contributed by atoms with van der Waals surface area (Å²) in [6.45, 7) is 1.25. The Bertz CT molecular complexity index is 1440. The first-order chi connectivity index (χ1) is 18.0. The Morgan fingerprint density at radius 3 is 2.51 bits per heavy atom. The fourth-order valence-corrected chi connectivity index (χ4v) is 5.19. The van der Waals surface area contributed by atoms with Gasteiger partial charge in [-0.2, -0.15) is 5.26 Å². The van der Waals surface area contributed by atoms with Crippen molar-refractivity contribution < 1.29 is 19.1 Å². The summed E-state index contributed by atoms with van der Waals surface area (Å²) in [5.41, 5.74) is 1.79. The fourth-order valence-electron chi connectivity index (χ4n) is 5.19. The van der Waals surface area contributed by atoms with Gasteiger partial charge in [0.15, 0.2) is 5.54 Å². The van der Waals surface area contributed by atoms with Crippen LogP contribution >= 0.6 is 0 Å². The van der Waals surface area contributed by atoms with Crippen molar-refractivity contribution in [1.82, 2.24) is 20.6 Å². The minimum absolute atomic E-state index is 0.306. The summed E-state index contributed by atoms with van der Waals surface area (Å²) in [6.07, 6.45) is 4.88. The molecule has 5 heterocycles. The van der Waals surface area contributed by atoms with Gasteiger partial charge in [-0.3, -0.25) is 20.2 Å². The van der Waals surface area contributed by atoms with E-state index in [2.05, 4.69) is 31.6 Å². The minimum atomic E-state index is -1.46. The summed E-state index contributed by atoms with van der Waals surface area (Å²) in [7, 11) is 0. The number of urea groups is 1. The molecule has 0 radical (unpaired) electrons. The summed E-state index contributed by atoms with van der Waals surface area (Å²) in [4.78, 5) is 49.5. The average Bonchev–Trinajstić information content (AvgIpc) is 3.53. The molecule has 2 N–H and O–H groups in total. The predicted molar refractivity (Wildman–Crippen MR) is 131 cm³/mol. The van der Waals surface area contributed by atoms with Crippen LogP contribution in [0.15, 0.2) is 54.9 Å². The first kappa shape index (κ1) is 22.5. The Hall–Kier alpha value is -4.98. The first-order valence-corrected chi connectivity index (χ1v) is 11.8. The molecule has 1 aromatic carbocycles. The van der Waals surface area contributed by atoms with Gasteiger partial charge in [0, 0.05) is 31.0 Å². The Balaban J connectivity index is 1.18. The zero-order valence-corrected chi connectivity index (χ0v) is 19.6. The number of hydrogen-bond donors (Lipinski definition) is 2. The van der Waals surface area contributed by atoms with Crippen LogP contribution < -0.4 is 25.2 Å². The molecule has 0 saturated carbocycles. The maximum absolute atomic E-state index is 12.7. The van der Waals surface area contributed by atoms with Crippen molar-refractivity contribution in [3.63, 3.8) is 0 Å². The summed E-state index contributed by atoms with van der Waals surface area (Å²) in [5.74, 6) is 0.544. The smallest absolute Gasteiger partial charge is 0.328 e. The molecule has 3 aliphatic heterocycles. The van der Waals surface area contributed by atoms with E-state index >= 15 is 0 Å². The van der Waals surface area contributed by atoms with Crippen molar-refractivity contribution in [3.05, 3.63) is 66.0 Å². The van der Waals surface area contributed by atoms with Crippen molar-refractivity contribution in [2.45, 2.75) is 24.8 Å². The van der Waals surface area contributed by atoms with Gasteiger partial charge in [-0.15, -0.1) is 0 Å². The van der Waals surface area contributed by atoms with E-state index < -0.39 is 23.4 Å². The lowest BCUT2D eigenvalue weighted by molar-refractivity contribution is -0.137. The summed E-state index contributed by atoms with van der Waals surface area (Å²) < 4.78 is 5.98. The zero-order chi connectivity index (χ0) is 25.6. The number of carbonyl (C=O) groups is 3. The van der Waals surface area contributed by atoms with Crippen molar-refractivity contribution >= 4 is 35.0 Å². The number of hydrogen-bond acceptors (Lipinski definition) is 9. The normalized spacial score (nSPS) is 17.9. The second kappa shape index (κ2) is 8.60. The van der Waals surface area contributed by atoms with Gasteiger partial charge in [0.1, 0.15) is 17.6 Å². The van der Waals surface area contributed by atoms with E-state index in [4.69, 9.17) is 10.00 Å². The van der Waals surface area contributed by atoms with E-state index in [0.717, 1.165) is 30.0 Å². The molecule has 4 amide bonds. The average molecular weight is 495 g/mol. The van der Waals surface area contributed by atoms with Crippen LogP contribution in [-0.2, 0) is 16.0 Å². The fraction of sp³-hybridized carbons (Fsp3) is 0.231. The third kappa shape index (κ3) is 3.70. The number of anilines is 3. The molecular weight excluding hydrogens is 474 g/mol.